The fourth-order valence-corrected chi connectivity index (χ4v) is 1.87. The summed E-state index contributed by atoms with van der Waals surface area (Å²) < 4.78 is 5.34. The Kier molecular flexibility index (Phi) is 3.58. The van der Waals surface area contributed by atoms with Gasteiger partial charge in [0.1, 0.15) is 0 Å². The first-order chi connectivity index (χ1) is 7.85. The molecule has 1 aliphatic rings. The second-order valence-corrected chi connectivity index (χ2v) is 3.79. The van der Waals surface area contributed by atoms with Crippen molar-refractivity contribution in [3.63, 3.8) is 0 Å². The minimum absolute atomic E-state index is 0.0302. The monoisotopic (exact) mass is 223 g/mol. The van der Waals surface area contributed by atoms with E-state index in [1.54, 1.807) is 6.20 Å². The molecule has 1 atom stereocenters. The Hall–Kier alpha value is -1.33. The predicted molar refractivity (Wildman–Crippen MR) is 62.8 cm³/mol. The number of aromatic nitrogens is 1. The lowest BCUT2D eigenvalue weighted by Crippen LogP contribution is -2.47. The summed E-state index contributed by atoms with van der Waals surface area (Å²) in [5, 5.41) is 12.3. The highest BCUT2D eigenvalue weighted by Gasteiger charge is 2.22. The number of nitrogens with zero attached hydrogens (tertiary/aromatic N) is 2. The Bertz CT molecular complexity index is 346. The molecule has 5 heteroatoms. The molecule has 0 bridgehead atoms. The van der Waals surface area contributed by atoms with Gasteiger partial charge in [0.2, 0.25) is 0 Å². The van der Waals surface area contributed by atoms with E-state index < -0.39 is 0 Å². The highest BCUT2D eigenvalue weighted by atomic mass is 16.5. The van der Waals surface area contributed by atoms with Gasteiger partial charge in [-0.25, -0.2) is 0 Å². The lowest BCUT2D eigenvalue weighted by molar-refractivity contribution is 0.0727. The predicted octanol–water partition coefficient (Wildman–Crippen LogP) is 0.321. The van der Waals surface area contributed by atoms with Gasteiger partial charge in [0.25, 0.3) is 0 Å². The molecule has 1 saturated heterocycles. The van der Waals surface area contributed by atoms with Crippen LogP contribution in [0.5, 0.6) is 0 Å². The van der Waals surface area contributed by atoms with E-state index >= 15 is 0 Å². The molecule has 16 heavy (non-hydrogen) atoms. The minimum Gasteiger partial charge on any atom is -0.394 e. The molecule has 1 aromatic rings. The number of aliphatic hydroxyl groups is 1. The molecule has 2 N–H and O–H groups in total. The number of nitrogens with one attached hydrogen (secondary N) is 1. The largest absolute Gasteiger partial charge is 0.394 e. The maximum atomic E-state index is 9.29. The van der Waals surface area contributed by atoms with Crippen LogP contribution in [-0.2, 0) is 4.74 Å². The van der Waals surface area contributed by atoms with E-state index in [1.165, 1.54) is 0 Å². The maximum absolute atomic E-state index is 9.29. The molecule has 0 aliphatic carbocycles. The van der Waals surface area contributed by atoms with Crippen LogP contribution in [0.1, 0.15) is 0 Å². The summed E-state index contributed by atoms with van der Waals surface area (Å²) in [6, 6.07) is 2.06. The average Bonchev–Trinajstić information content (AvgIpc) is 2.38. The Morgan fingerprint density at radius 2 is 2.50 bits per heavy atom. The fourth-order valence-electron chi connectivity index (χ4n) is 1.87. The van der Waals surface area contributed by atoms with Crippen molar-refractivity contribution in [3.8, 4) is 0 Å². The first-order valence-corrected chi connectivity index (χ1v) is 5.43. The standard InChI is InChI=1S/C11H17N3O2/c1-12-9-4-10(6-13-5-9)14-2-3-16-8-11(14)7-15/h4-6,11-12,15H,2-3,7-8H2,1H3. The Balaban J connectivity index is 2.20. The van der Waals surface area contributed by atoms with Crippen molar-refractivity contribution < 1.29 is 9.84 Å². The van der Waals surface area contributed by atoms with Gasteiger partial charge in [0.05, 0.1) is 49.6 Å². The van der Waals surface area contributed by atoms with Crippen LogP contribution in [-0.4, -0.2) is 49.5 Å². The molecule has 5 nitrogen and oxygen atoms in total. The van der Waals surface area contributed by atoms with Crippen LogP contribution in [0.4, 0.5) is 11.4 Å². The zero-order valence-corrected chi connectivity index (χ0v) is 9.39. The van der Waals surface area contributed by atoms with Crippen molar-refractivity contribution in [2.24, 2.45) is 0 Å². The summed E-state index contributed by atoms with van der Waals surface area (Å²) in [6.07, 6.45) is 3.59. The second kappa shape index (κ2) is 5.14. The maximum Gasteiger partial charge on any atom is 0.0756 e. The van der Waals surface area contributed by atoms with Crippen LogP contribution < -0.4 is 10.2 Å². The quantitative estimate of drug-likeness (QED) is 0.773. The molecular weight excluding hydrogens is 206 g/mol. The van der Waals surface area contributed by atoms with Crippen molar-refractivity contribution in [1.82, 2.24) is 4.98 Å². The zero-order chi connectivity index (χ0) is 11.4. The Morgan fingerprint density at radius 3 is 3.25 bits per heavy atom. The van der Waals surface area contributed by atoms with E-state index in [9.17, 15) is 5.11 Å². The summed E-state index contributed by atoms with van der Waals surface area (Å²) >= 11 is 0. The molecule has 1 aromatic heterocycles. The van der Waals surface area contributed by atoms with Gasteiger partial charge in [0, 0.05) is 13.6 Å². The zero-order valence-electron chi connectivity index (χ0n) is 9.39. The lowest BCUT2D eigenvalue weighted by atomic mass is 10.2. The third-order valence-corrected chi connectivity index (χ3v) is 2.78. The highest BCUT2D eigenvalue weighted by Crippen LogP contribution is 2.21. The van der Waals surface area contributed by atoms with Crippen LogP contribution in [0.3, 0.4) is 0 Å². The topological polar surface area (TPSA) is 57.6 Å². The van der Waals surface area contributed by atoms with Gasteiger partial charge in [0.15, 0.2) is 0 Å². The van der Waals surface area contributed by atoms with Crippen molar-refractivity contribution in [2.75, 3.05) is 43.6 Å². The van der Waals surface area contributed by atoms with E-state index in [1.807, 2.05) is 19.3 Å². The van der Waals surface area contributed by atoms with Crippen LogP contribution in [0.2, 0.25) is 0 Å². The molecule has 1 fully saturated rings. The second-order valence-electron chi connectivity index (χ2n) is 3.79. The molecule has 0 amide bonds. The van der Waals surface area contributed by atoms with Crippen molar-refractivity contribution in [2.45, 2.75) is 6.04 Å². The minimum atomic E-state index is 0.0302. The van der Waals surface area contributed by atoms with Gasteiger partial charge in [-0.15, -0.1) is 0 Å². The number of morpholine rings is 1. The first kappa shape index (κ1) is 11.2. The highest BCUT2D eigenvalue weighted by molar-refractivity contribution is 5.56. The number of pyridine rings is 1. The summed E-state index contributed by atoms with van der Waals surface area (Å²) in [6.45, 7) is 2.16. The number of ether oxygens (including phenoxy) is 1. The normalized spacial score (nSPS) is 20.9. The Labute approximate surface area is 95.1 Å². The molecule has 2 heterocycles. The molecule has 88 valence electrons. The smallest absolute Gasteiger partial charge is 0.0756 e. The SMILES string of the molecule is CNc1cncc(N2CCOCC2CO)c1. The van der Waals surface area contributed by atoms with Gasteiger partial charge >= 0.3 is 0 Å². The van der Waals surface area contributed by atoms with E-state index in [0.29, 0.717) is 13.2 Å². The molecule has 2 rings (SSSR count). The first-order valence-electron chi connectivity index (χ1n) is 5.43. The fraction of sp³-hybridized carbons (Fsp3) is 0.545. The van der Waals surface area contributed by atoms with Crippen molar-refractivity contribution in [3.05, 3.63) is 18.5 Å². The van der Waals surface area contributed by atoms with Gasteiger partial charge in [-0.2, -0.15) is 0 Å². The van der Waals surface area contributed by atoms with E-state index in [2.05, 4.69) is 15.2 Å². The van der Waals surface area contributed by atoms with Crippen LogP contribution in [0.15, 0.2) is 18.5 Å². The molecular formula is C11H17N3O2. The molecule has 1 unspecified atom stereocenters. The van der Waals surface area contributed by atoms with Crippen molar-refractivity contribution >= 4 is 11.4 Å². The van der Waals surface area contributed by atoms with Crippen LogP contribution in [0.25, 0.3) is 0 Å². The summed E-state index contributed by atoms with van der Waals surface area (Å²) in [7, 11) is 1.86. The third kappa shape index (κ3) is 2.25. The molecule has 0 radical (unpaired) electrons. The van der Waals surface area contributed by atoms with Gasteiger partial charge < -0.3 is 20.1 Å². The van der Waals surface area contributed by atoms with Crippen LogP contribution in [0, 0.1) is 0 Å². The summed E-state index contributed by atoms with van der Waals surface area (Å²) in [5.74, 6) is 0. The number of hydrogen-bond donors (Lipinski definition) is 2. The third-order valence-electron chi connectivity index (χ3n) is 2.78. The van der Waals surface area contributed by atoms with Crippen molar-refractivity contribution in [1.29, 1.82) is 0 Å². The number of rotatable bonds is 3. The summed E-state index contributed by atoms with van der Waals surface area (Å²) in [5.41, 5.74) is 2.00. The van der Waals surface area contributed by atoms with E-state index in [-0.39, 0.29) is 12.6 Å². The van der Waals surface area contributed by atoms with Gasteiger partial charge in [-0.05, 0) is 6.07 Å². The van der Waals surface area contributed by atoms with E-state index in [4.69, 9.17) is 4.74 Å². The molecule has 0 saturated carbocycles. The number of anilines is 2. The molecule has 1 aliphatic heterocycles. The van der Waals surface area contributed by atoms with Gasteiger partial charge in [-0.3, -0.25) is 4.98 Å². The number of hydrogen-bond acceptors (Lipinski definition) is 5. The summed E-state index contributed by atoms with van der Waals surface area (Å²) in [4.78, 5) is 6.31. The van der Waals surface area contributed by atoms with E-state index in [0.717, 1.165) is 17.9 Å². The average molecular weight is 223 g/mol. The van der Waals surface area contributed by atoms with Gasteiger partial charge in [-0.1, -0.05) is 0 Å². The molecule has 0 aromatic carbocycles. The lowest BCUT2D eigenvalue weighted by Gasteiger charge is -2.36. The van der Waals surface area contributed by atoms with Crippen LogP contribution >= 0.6 is 0 Å². The Morgan fingerprint density at radius 1 is 1.62 bits per heavy atom. The number of aliphatic hydroxyl groups excluding tert-OH is 1. The molecule has 0 spiro atoms.